The minimum Gasteiger partial charge on any atom is -0.358 e. The minimum atomic E-state index is -0.619. The molecular formula is C6H2BrN3O2. The number of hydrogen-bond acceptors (Lipinski definition) is 4. The van der Waals surface area contributed by atoms with Crippen LogP contribution < -0.4 is 0 Å². The van der Waals surface area contributed by atoms with Gasteiger partial charge >= 0.3 is 5.82 Å². The van der Waals surface area contributed by atoms with Crippen molar-refractivity contribution >= 4 is 21.7 Å². The van der Waals surface area contributed by atoms with Gasteiger partial charge in [0.2, 0.25) is 4.60 Å². The number of nitro groups is 1. The highest BCUT2D eigenvalue weighted by molar-refractivity contribution is 9.10. The van der Waals surface area contributed by atoms with Gasteiger partial charge in [0.15, 0.2) is 0 Å². The van der Waals surface area contributed by atoms with Crippen LogP contribution in [-0.2, 0) is 0 Å². The van der Waals surface area contributed by atoms with Crippen molar-refractivity contribution < 1.29 is 4.92 Å². The molecule has 1 aromatic rings. The number of pyridine rings is 1. The molecule has 0 saturated carbocycles. The second-order valence-corrected chi connectivity index (χ2v) is 2.63. The summed E-state index contributed by atoms with van der Waals surface area (Å²) in [6.45, 7) is 0. The highest BCUT2D eigenvalue weighted by Crippen LogP contribution is 2.16. The molecule has 0 aliphatic rings. The van der Waals surface area contributed by atoms with E-state index in [0.29, 0.717) is 0 Å². The van der Waals surface area contributed by atoms with Gasteiger partial charge in [-0.3, -0.25) is 0 Å². The molecule has 12 heavy (non-hydrogen) atoms. The van der Waals surface area contributed by atoms with Crippen molar-refractivity contribution in [2.75, 3.05) is 0 Å². The average Bonchev–Trinajstić information content (AvgIpc) is 2.04. The molecule has 0 aromatic carbocycles. The van der Waals surface area contributed by atoms with Crippen molar-refractivity contribution in [2.24, 2.45) is 0 Å². The molecule has 6 heteroatoms. The first-order chi connectivity index (χ1) is 5.65. The molecule has 0 unspecified atom stereocenters. The van der Waals surface area contributed by atoms with Gasteiger partial charge in [0.25, 0.3) is 0 Å². The molecule has 0 N–H and O–H groups in total. The fourth-order valence-corrected chi connectivity index (χ4v) is 1.01. The number of aromatic nitrogens is 1. The quantitative estimate of drug-likeness (QED) is 0.415. The Bertz CT molecular complexity index is 372. The molecule has 0 spiro atoms. The van der Waals surface area contributed by atoms with Crippen LogP contribution in [0.4, 0.5) is 5.82 Å². The maximum absolute atomic E-state index is 10.2. The smallest absolute Gasteiger partial charge is 0.358 e. The van der Waals surface area contributed by atoms with Crippen molar-refractivity contribution in [3.63, 3.8) is 0 Å². The van der Waals surface area contributed by atoms with Crippen LogP contribution in [0.25, 0.3) is 0 Å². The van der Waals surface area contributed by atoms with Gasteiger partial charge in [0, 0.05) is 22.0 Å². The third kappa shape index (κ3) is 1.57. The number of rotatable bonds is 1. The van der Waals surface area contributed by atoms with Crippen LogP contribution in [0, 0.1) is 21.4 Å². The standard InChI is InChI=1S/C6H2BrN3O2/c7-6-4(3-8)1-2-5(9-6)10(11)12/h1-2H. The molecule has 0 fully saturated rings. The lowest BCUT2D eigenvalue weighted by Crippen LogP contribution is -1.93. The highest BCUT2D eigenvalue weighted by Gasteiger charge is 2.11. The maximum atomic E-state index is 10.2. The van der Waals surface area contributed by atoms with Crippen LogP contribution >= 0.6 is 15.9 Å². The Morgan fingerprint density at radius 2 is 2.33 bits per heavy atom. The van der Waals surface area contributed by atoms with E-state index in [-0.39, 0.29) is 16.0 Å². The van der Waals surface area contributed by atoms with E-state index in [0.717, 1.165) is 0 Å². The molecule has 60 valence electrons. The Balaban J connectivity index is 3.21. The molecule has 0 amide bonds. The SMILES string of the molecule is N#Cc1ccc([N+](=O)[O-])nc1Br. The molecule has 0 saturated heterocycles. The Kier molecular flexibility index (Phi) is 2.35. The summed E-state index contributed by atoms with van der Waals surface area (Å²) in [5.74, 6) is -0.277. The molecule has 1 heterocycles. The normalized spacial score (nSPS) is 9.00. The molecule has 0 atom stereocenters. The van der Waals surface area contributed by atoms with E-state index < -0.39 is 4.92 Å². The fraction of sp³-hybridized carbons (Fsp3) is 0. The molecular weight excluding hydrogens is 226 g/mol. The summed E-state index contributed by atoms with van der Waals surface area (Å²) in [7, 11) is 0. The lowest BCUT2D eigenvalue weighted by atomic mass is 10.3. The van der Waals surface area contributed by atoms with E-state index in [1.165, 1.54) is 12.1 Å². The van der Waals surface area contributed by atoms with Crippen molar-refractivity contribution in [1.29, 1.82) is 5.26 Å². The van der Waals surface area contributed by atoms with Crippen molar-refractivity contribution in [3.8, 4) is 6.07 Å². The van der Waals surface area contributed by atoms with Gasteiger partial charge in [-0.15, -0.1) is 0 Å². The van der Waals surface area contributed by atoms with E-state index in [1.807, 2.05) is 6.07 Å². The van der Waals surface area contributed by atoms with Crippen molar-refractivity contribution in [3.05, 3.63) is 32.4 Å². The Labute approximate surface area is 75.9 Å². The topological polar surface area (TPSA) is 79.8 Å². The van der Waals surface area contributed by atoms with Gasteiger partial charge in [0.1, 0.15) is 11.6 Å². The minimum absolute atomic E-state index is 0.194. The number of hydrogen-bond donors (Lipinski definition) is 0. The summed E-state index contributed by atoms with van der Waals surface area (Å²) in [6.07, 6.45) is 0. The average molecular weight is 228 g/mol. The van der Waals surface area contributed by atoms with Gasteiger partial charge in [0.05, 0.1) is 0 Å². The summed E-state index contributed by atoms with van der Waals surface area (Å²) in [5.41, 5.74) is 0.278. The van der Waals surface area contributed by atoms with E-state index in [4.69, 9.17) is 5.26 Å². The first-order valence-corrected chi connectivity index (χ1v) is 3.65. The largest absolute Gasteiger partial charge is 0.364 e. The Morgan fingerprint density at radius 1 is 1.67 bits per heavy atom. The first-order valence-electron chi connectivity index (χ1n) is 2.86. The zero-order valence-electron chi connectivity index (χ0n) is 5.69. The number of halogens is 1. The van der Waals surface area contributed by atoms with Gasteiger partial charge < -0.3 is 10.1 Å². The Hall–Kier alpha value is -1.48. The van der Waals surface area contributed by atoms with Gasteiger partial charge in [-0.25, -0.2) is 0 Å². The van der Waals surface area contributed by atoms with Crippen LogP contribution in [-0.4, -0.2) is 9.91 Å². The second kappa shape index (κ2) is 3.28. The molecule has 0 radical (unpaired) electrons. The van der Waals surface area contributed by atoms with Gasteiger partial charge in [-0.1, -0.05) is 0 Å². The molecule has 5 nitrogen and oxygen atoms in total. The van der Waals surface area contributed by atoms with Crippen LogP contribution in [0.5, 0.6) is 0 Å². The monoisotopic (exact) mass is 227 g/mol. The van der Waals surface area contributed by atoms with Gasteiger partial charge in [-0.05, 0) is 16.0 Å². The van der Waals surface area contributed by atoms with Crippen LogP contribution in [0.2, 0.25) is 0 Å². The lowest BCUT2D eigenvalue weighted by Gasteiger charge is -1.91. The summed E-state index contributed by atoms with van der Waals surface area (Å²) >= 11 is 2.94. The number of nitrogens with zero attached hydrogens (tertiary/aromatic N) is 3. The van der Waals surface area contributed by atoms with Crippen molar-refractivity contribution in [1.82, 2.24) is 4.98 Å². The molecule has 0 aliphatic heterocycles. The van der Waals surface area contributed by atoms with E-state index in [1.54, 1.807) is 0 Å². The fourth-order valence-electron chi connectivity index (χ4n) is 0.610. The summed E-state index contributed by atoms with van der Waals surface area (Å²) in [6, 6.07) is 4.36. The van der Waals surface area contributed by atoms with Crippen molar-refractivity contribution in [2.45, 2.75) is 0 Å². The summed E-state index contributed by atoms with van der Waals surface area (Å²) in [5, 5.41) is 18.7. The van der Waals surface area contributed by atoms with Crippen LogP contribution in [0.15, 0.2) is 16.7 Å². The molecule has 1 aromatic heterocycles. The molecule has 0 bridgehead atoms. The summed E-state index contributed by atoms with van der Waals surface area (Å²) < 4.78 is 0.194. The Morgan fingerprint density at radius 3 is 2.75 bits per heavy atom. The van der Waals surface area contributed by atoms with Crippen LogP contribution in [0.3, 0.4) is 0 Å². The second-order valence-electron chi connectivity index (χ2n) is 1.88. The third-order valence-corrected chi connectivity index (χ3v) is 1.75. The molecule has 0 aliphatic carbocycles. The zero-order chi connectivity index (χ0) is 9.14. The van der Waals surface area contributed by atoms with Gasteiger partial charge in [-0.2, -0.15) is 5.26 Å². The van der Waals surface area contributed by atoms with E-state index in [2.05, 4.69) is 20.9 Å². The third-order valence-electron chi connectivity index (χ3n) is 1.14. The van der Waals surface area contributed by atoms with E-state index >= 15 is 0 Å². The van der Waals surface area contributed by atoms with Crippen LogP contribution in [0.1, 0.15) is 5.56 Å². The molecule has 1 rings (SSSR count). The predicted molar refractivity (Wildman–Crippen MR) is 43.3 cm³/mol. The number of nitriles is 1. The van der Waals surface area contributed by atoms with E-state index in [9.17, 15) is 10.1 Å². The zero-order valence-corrected chi connectivity index (χ0v) is 7.28. The first kappa shape index (κ1) is 8.62. The summed E-state index contributed by atoms with van der Waals surface area (Å²) in [4.78, 5) is 13.1. The highest BCUT2D eigenvalue weighted by atomic mass is 79.9. The maximum Gasteiger partial charge on any atom is 0.364 e. The lowest BCUT2D eigenvalue weighted by molar-refractivity contribution is -0.389. The predicted octanol–water partition coefficient (Wildman–Crippen LogP) is 1.62.